The van der Waals surface area contributed by atoms with Gasteiger partial charge in [-0.3, -0.25) is 9.59 Å². The summed E-state index contributed by atoms with van der Waals surface area (Å²) in [4.78, 5) is 69.1. The number of alkyl carbamates (subject to hydrolysis) is 1. The second kappa shape index (κ2) is 14.4. The number of carbonyl (C=O) groups is 4. The van der Waals surface area contributed by atoms with Gasteiger partial charge in [-0.1, -0.05) is 36.4 Å². The molecule has 0 aliphatic carbocycles. The molecule has 282 valence electrons. The van der Waals surface area contributed by atoms with Crippen LogP contribution in [0.5, 0.6) is 0 Å². The summed E-state index contributed by atoms with van der Waals surface area (Å²) in [6.07, 6.45) is 1.33. The van der Waals surface area contributed by atoms with E-state index in [0.717, 1.165) is 86.6 Å². The van der Waals surface area contributed by atoms with E-state index in [1.165, 1.54) is 7.11 Å². The molecule has 4 aromatic carbocycles. The number of rotatable bonds is 8. The van der Waals surface area contributed by atoms with Crippen LogP contribution in [0.1, 0.15) is 63.3 Å². The molecule has 2 unspecified atom stereocenters. The molecule has 2 aliphatic rings. The van der Waals surface area contributed by atoms with Crippen LogP contribution in [0.3, 0.4) is 0 Å². The molecule has 55 heavy (non-hydrogen) atoms. The molecule has 0 bridgehead atoms. The van der Waals surface area contributed by atoms with Crippen LogP contribution in [-0.2, 0) is 14.3 Å². The van der Waals surface area contributed by atoms with Gasteiger partial charge in [-0.2, -0.15) is 0 Å². The van der Waals surface area contributed by atoms with E-state index >= 15 is 0 Å². The minimum Gasteiger partial charge on any atom is -0.465 e. The standard InChI is InChI=1S/C41H42N8O6/c1-22(42-40(52)53)38(50)48-16-4-6-34(48)36-44-30-14-12-28(20-32(30)46-36)26-10-8-25-19-27(11-9-24(25)18-26)29-13-15-31-33(21-29)47-37(45-31)35-7-5-17-49(35)39(51)23(2)43-41(54)55-3/h8-15,18-23,34-35,42H,4-7,16-17H2,1-3H3,(H,43,54)(H,44,46)(H,45,47)(H,52,53)/t22?,23?,34-,35-/m0/s1. The van der Waals surface area contributed by atoms with Gasteiger partial charge in [0.1, 0.15) is 23.7 Å². The Bertz CT molecular complexity index is 2470. The SMILES string of the molecule is COC(=O)NC(C)C(=O)N1CCC[C@H]1c1nc2cc(-c3ccc4cc(-c5ccc6[nH]c([C@@H]7CCCN7C(=O)C(C)NC(=O)O)nc6c5)ccc4c3)ccc2[nH]1. The van der Waals surface area contributed by atoms with Gasteiger partial charge in [0.15, 0.2) is 0 Å². The van der Waals surface area contributed by atoms with Crippen molar-refractivity contribution in [1.29, 1.82) is 0 Å². The molecule has 5 N–H and O–H groups in total. The van der Waals surface area contributed by atoms with Gasteiger partial charge in [0, 0.05) is 13.1 Å². The second-order valence-corrected chi connectivity index (χ2v) is 14.4. The zero-order chi connectivity index (χ0) is 38.4. The van der Waals surface area contributed by atoms with Gasteiger partial charge in [0.25, 0.3) is 0 Å². The van der Waals surface area contributed by atoms with Gasteiger partial charge in [-0.15, -0.1) is 0 Å². The van der Waals surface area contributed by atoms with Gasteiger partial charge in [0.2, 0.25) is 11.8 Å². The predicted octanol–water partition coefficient (Wildman–Crippen LogP) is 6.65. The lowest BCUT2D eigenvalue weighted by Crippen LogP contribution is -2.46. The summed E-state index contributed by atoms with van der Waals surface area (Å²) in [6, 6.07) is 23.1. The number of hydrogen-bond donors (Lipinski definition) is 5. The number of likely N-dealkylation sites (tertiary alicyclic amines) is 2. The minimum atomic E-state index is -1.23. The van der Waals surface area contributed by atoms with E-state index in [4.69, 9.17) is 15.1 Å². The van der Waals surface area contributed by atoms with Crippen LogP contribution in [0.2, 0.25) is 0 Å². The number of H-pyrrole nitrogens is 2. The van der Waals surface area contributed by atoms with Crippen LogP contribution in [0, 0.1) is 0 Å². The number of aromatic amines is 2. The molecule has 4 heterocycles. The molecule has 6 aromatic rings. The molecule has 2 aromatic heterocycles. The zero-order valence-electron chi connectivity index (χ0n) is 30.8. The lowest BCUT2D eigenvalue weighted by atomic mass is 9.97. The van der Waals surface area contributed by atoms with Crippen molar-refractivity contribution in [3.05, 3.63) is 84.4 Å². The highest BCUT2D eigenvalue weighted by Crippen LogP contribution is 2.36. The average molecular weight is 743 g/mol. The molecule has 4 atom stereocenters. The number of carboxylic acid groups (broad SMARTS) is 1. The third-order valence-electron chi connectivity index (χ3n) is 10.8. The number of fused-ring (bicyclic) bond motifs is 3. The number of imidazole rings is 2. The van der Waals surface area contributed by atoms with Crippen LogP contribution in [0.15, 0.2) is 72.8 Å². The molecule has 14 heteroatoms. The van der Waals surface area contributed by atoms with Crippen molar-refractivity contribution in [1.82, 2.24) is 40.4 Å². The Hall–Kier alpha value is -6.44. The van der Waals surface area contributed by atoms with Crippen molar-refractivity contribution >= 4 is 56.8 Å². The molecule has 14 nitrogen and oxygen atoms in total. The molecule has 0 radical (unpaired) electrons. The van der Waals surface area contributed by atoms with E-state index in [1.807, 2.05) is 12.1 Å². The van der Waals surface area contributed by atoms with Crippen LogP contribution >= 0.6 is 0 Å². The molecule has 2 saturated heterocycles. The topological polar surface area (TPSA) is 186 Å². The third kappa shape index (κ3) is 6.91. The lowest BCUT2D eigenvalue weighted by molar-refractivity contribution is -0.134. The molecular weight excluding hydrogens is 701 g/mol. The Balaban J connectivity index is 0.997. The summed E-state index contributed by atoms with van der Waals surface area (Å²) in [5, 5.41) is 16.1. The third-order valence-corrected chi connectivity index (χ3v) is 10.8. The number of nitrogens with one attached hydrogen (secondary N) is 4. The zero-order valence-corrected chi connectivity index (χ0v) is 30.8. The summed E-state index contributed by atoms with van der Waals surface area (Å²) < 4.78 is 4.66. The van der Waals surface area contributed by atoms with Gasteiger partial charge in [-0.25, -0.2) is 19.6 Å². The number of amides is 4. The summed E-state index contributed by atoms with van der Waals surface area (Å²) in [6.45, 7) is 4.36. The maximum absolute atomic E-state index is 13.2. The molecule has 0 saturated carbocycles. The van der Waals surface area contributed by atoms with Crippen LogP contribution in [0.4, 0.5) is 9.59 Å². The second-order valence-electron chi connectivity index (χ2n) is 14.4. The maximum atomic E-state index is 13.2. The quantitative estimate of drug-likeness (QED) is 0.115. The van der Waals surface area contributed by atoms with Gasteiger partial charge < -0.3 is 40.2 Å². The van der Waals surface area contributed by atoms with Gasteiger partial charge in [-0.05, 0) is 109 Å². The van der Waals surface area contributed by atoms with E-state index in [0.29, 0.717) is 18.9 Å². The highest BCUT2D eigenvalue weighted by molar-refractivity contribution is 5.93. The Morgan fingerprint density at radius 2 is 1.13 bits per heavy atom. The molecular formula is C41H42N8O6. The minimum absolute atomic E-state index is 0.172. The van der Waals surface area contributed by atoms with Crippen LogP contribution < -0.4 is 10.6 Å². The highest BCUT2D eigenvalue weighted by atomic mass is 16.5. The first-order valence-corrected chi connectivity index (χ1v) is 18.5. The van der Waals surface area contributed by atoms with Crippen molar-refractivity contribution in [2.45, 2.75) is 63.7 Å². The molecule has 4 amide bonds. The van der Waals surface area contributed by atoms with Crippen molar-refractivity contribution in [2.24, 2.45) is 0 Å². The van der Waals surface area contributed by atoms with E-state index in [2.05, 4.69) is 86.0 Å². The summed E-state index contributed by atoms with van der Waals surface area (Å²) in [5.41, 5.74) is 7.54. The van der Waals surface area contributed by atoms with Crippen molar-refractivity contribution < 1.29 is 29.0 Å². The molecule has 2 aliphatic heterocycles. The fourth-order valence-corrected chi connectivity index (χ4v) is 8.00. The van der Waals surface area contributed by atoms with Crippen LogP contribution in [0.25, 0.3) is 55.1 Å². The Labute approximate surface area is 316 Å². The first-order valence-electron chi connectivity index (χ1n) is 18.5. The van der Waals surface area contributed by atoms with Gasteiger partial charge in [0.05, 0.1) is 41.3 Å². The lowest BCUT2D eigenvalue weighted by Gasteiger charge is -2.26. The Morgan fingerprint density at radius 3 is 1.58 bits per heavy atom. The number of hydrogen-bond acceptors (Lipinski definition) is 7. The number of carbonyl (C=O) groups excluding carboxylic acids is 3. The predicted molar refractivity (Wildman–Crippen MR) is 207 cm³/mol. The van der Waals surface area contributed by atoms with Crippen molar-refractivity contribution in [3.63, 3.8) is 0 Å². The van der Waals surface area contributed by atoms with E-state index < -0.39 is 24.3 Å². The average Bonchev–Trinajstić information content (AvgIpc) is 4.01. The molecule has 8 rings (SSSR count). The highest BCUT2D eigenvalue weighted by Gasteiger charge is 2.36. The fraction of sp³-hybridized carbons (Fsp3) is 0.317. The first-order chi connectivity index (χ1) is 26.6. The number of ether oxygens (including phenoxy) is 1. The van der Waals surface area contributed by atoms with Crippen LogP contribution in [-0.4, -0.2) is 91.1 Å². The molecule has 0 spiro atoms. The van der Waals surface area contributed by atoms with E-state index in [9.17, 15) is 19.2 Å². The Morgan fingerprint density at radius 1 is 0.691 bits per heavy atom. The molecule has 2 fully saturated rings. The van der Waals surface area contributed by atoms with Crippen molar-refractivity contribution in [2.75, 3.05) is 20.2 Å². The number of aromatic nitrogens is 4. The van der Waals surface area contributed by atoms with Crippen molar-refractivity contribution in [3.8, 4) is 22.3 Å². The normalized spacial score (nSPS) is 18.2. The maximum Gasteiger partial charge on any atom is 0.407 e. The summed E-state index contributed by atoms with van der Waals surface area (Å²) >= 11 is 0. The summed E-state index contributed by atoms with van der Waals surface area (Å²) in [5.74, 6) is 1.000. The smallest absolute Gasteiger partial charge is 0.407 e. The van der Waals surface area contributed by atoms with E-state index in [-0.39, 0.29) is 23.9 Å². The summed E-state index contributed by atoms with van der Waals surface area (Å²) in [7, 11) is 1.27. The van der Waals surface area contributed by atoms with Gasteiger partial charge >= 0.3 is 12.2 Å². The Kier molecular flexibility index (Phi) is 9.33. The largest absolute Gasteiger partial charge is 0.465 e. The number of nitrogens with zero attached hydrogens (tertiary/aromatic N) is 4. The monoisotopic (exact) mass is 742 g/mol. The number of benzene rings is 4. The fourth-order valence-electron chi connectivity index (χ4n) is 8.00. The van der Waals surface area contributed by atoms with E-state index in [1.54, 1.807) is 23.6 Å². The number of methoxy groups -OCH3 is 1. The first kappa shape index (κ1) is 35.6.